The summed E-state index contributed by atoms with van der Waals surface area (Å²) in [6, 6.07) is 5.43. The fourth-order valence-electron chi connectivity index (χ4n) is 2.68. The summed E-state index contributed by atoms with van der Waals surface area (Å²) in [7, 11) is 3.18. The molecule has 6 heteroatoms. The molecule has 0 radical (unpaired) electrons. The molecule has 0 fully saturated rings. The minimum absolute atomic E-state index is 0.134. The van der Waals surface area contributed by atoms with Crippen LogP contribution in [0, 0.1) is 5.92 Å². The van der Waals surface area contributed by atoms with Gasteiger partial charge in [-0.25, -0.2) is 4.98 Å². The molecule has 0 saturated heterocycles. The molecule has 1 atom stereocenters. The lowest BCUT2D eigenvalue weighted by Crippen LogP contribution is -2.14. The van der Waals surface area contributed by atoms with Crippen LogP contribution in [-0.4, -0.2) is 25.1 Å². The number of ether oxygens (including phenoxy) is 2. The van der Waals surface area contributed by atoms with Crippen LogP contribution in [0.25, 0.3) is 5.57 Å². The van der Waals surface area contributed by atoms with Gasteiger partial charge in [-0.15, -0.1) is 11.3 Å². The van der Waals surface area contributed by atoms with Crippen molar-refractivity contribution in [3.63, 3.8) is 0 Å². The third kappa shape index (κ3) is 6.75. The second-order valence-electron chi connectivity index (χ2n) is 6.75. The molecule has 2 rings (SSSR count). The van der Waals surface area contributed by atoms with E-state index in [2.05, 4.69) is 49.3 Å². The highest BCUT2D eigenvalue weighted by atomic mass is 32.1. The lowest BCUT2D eigenvalue weighted by molar-refractivity contribution is -0.115. The summed E-state index contributed by atoms with van der Waals surface area (Å²) in [5, 5.41) is 5.47. The number of nitrogens with zero attached hydrogens (tertiary/aromatic N) is 1. The van der Waals surface area contributed by atoms with E-state index < -0.39 is 0 Å². The van der Waals surface area contributed by atoms with Gasteiger partial charge in [0.1, 0.15) is 11.5 Å². The zero-order valence-corrected chi connectivity index (χ0v) is 18.6. The van der Waals surface area contributed by atoms with Crippen molar-refractivity contribution in [1.82, 2.24) is 4.98 Å². The first-order chi connectivity index (χ1) is 14.0. The number of thiazole rings is 1. The fourth-order valence-corrected chi connectivity index (χ4v) is 3.42. The number of allylic oxidation sites excluding steroid dienone is 4. The van der Waals surface area contributed by atoms with Crippen LogP contribution in [0.15, 0.2) is 41.8 Å². The Morgan fingerprint density at radius 1 is 1.28 bits per heavy atom. The van der Waals surface area contributed by atoms with Crippen molar-refractivity contribution in [2.45, 2.75) is 40.0 Å². The van der Waals surface area contributed by atoms with Crippen molar-refractivity contribution in [2.75, 3.05) is 19.5 Å². The highest BCUT2D eigenvalue weighted by Crippen LogP contribution is 2.26. The summed E-state index contributed by atoms with van der Waals surface area (Å²) < 4.78 is 10.6. The van der Waals surface area contributed by atoms with Gasteiger partial charge >= 0.3 is 0 Å². The number of amides is 1. The number of aromatic nitrogens is 1. The zero-order valence-electron chi connectivity index (χ0n) is 17.8. The third-order valence-corrected chi connectivity index (χ3v) is 5.32. The summed E-state index contributed by atoms with van der Waals surface area (Å²) in [5.41, 5.74) is 2.76. The van der Waals surface area contributed by atoms with E-state index >= 15 is 0 Å². The number of rotatable bonds is 10. The lowest BCUT2D eigenvalue weighted by atomic mass is 10.1. The van der Waals surface area contributed by atoms with Crippen LogP contribution in [0.5, 0.6) is 11.5 Å². The molecular formula is C23H30N2O3S. The van der Waals surface area contributed by atoms with Gasteiger partial charge in [0.15, 0.2) is 5.13 Å². The molecule has 2 aromatic rings. The largest absolute Gasteiger partial charge is 0.497 e. The minimum atomic E-state index is -0.134. The van der Waals surface area contributed by atoms with E-state index in [0.717, 1.165) is 29.7 Å². The smallest absolute Gasteiger partial charge is 0.230 e. The van der Waals surface area contributed by atoms with Crippen molar-refractivity contribution in [1.29, 1.82) is 0 Å². The Labute approximate surface area is 177 Å². The maximum absolute atomic E-state index is 12.5. The number of methoxy groups -OCH3 is 2. The summed E-state index contributed by atoms with van der Waals surface area (Å²) in [4.78, 5) is 17.1. The average Bonchev–Trinajstić information content (AvgIpc) is 3.19. The molecule has 0 aliphatic heterocycles. The van der Waals surface area contributed by atoms with Crippen LogP contribution in [0.2, 0.25) is 0 Å². The van der Waals surface area contributed by atoms with Gasteiger partial charge in [0.2, 0.25) is 5.91 Å². The van der Waals surface area contributed by atoms with Gasteiger partial charge in [0, 0.05) is 17.0 Å². The van der Waals surface area contributed by atoms with Crippen molar-refractivity contribution >= 4 is 27.9 Å². The Morgan fingerprint density at radius 2 is 2.07 bits per heavy atom. The highest BCUT2D eigenvalue weighted by Gasteiger charge is 2.13. The van der Waals surface area contributed by atoms with Gasteiger partial charge in [-0.2, -0.15) is 0 Å². The van der Waals surface area contributed by atoms with Crippen LogP contribution < -0.4 is 14.8 Å². The van der Waals surface area contributed by atoms with E-state index in [-0.39, 0.29) is 12.3 Å². The lowest BCUT2D eigenvalue weighted by Gasteiger charge is -2.10. The second-order valence-corrected chi connectivity index (χ2v) is 7.61. The van der Waals surface area contributed by atoms with Gasteiger partial charge in [-0.3, -0.25) is 4.79 Å². The van der Waals surface area contributed by atoms with Crippen molar-refractivity contribution in [3.05, 3.63) is 53.1 Å². The molecule has 1 unspecified atom stereocenters. The van der Waals surface area contributed by atoms with E-state index in [1.165, 1.54) is 11.3 Å². The SMILES string of the molecule is CC/C=C(\C=C/C(C)CC)c1csc(NC(=O)Cc2ccc(OC)cc2OC)n1. The Kier molecular flexibility index (Phi) is 8.93. The predicted molar refractivity (Wildman–Crippen MR) is 121 cm³/mol. The minimum Gasteiger partial charge on any atom is -0.497 e. The number of benzene rings is 1. The number of carbonyl (C=O) groups excluding carboxylic acids is 1. The topological polar surface area (TPSA) is 60.5 Å². The van der Waals surface area contributed by atoms with E-state index in [0.29, 0.717) is 22.5 Å². The van der Waals surface area contributed by atoms with Gasteiger partial charge in [-0.1, -0.05) is 51.5 Å². The number of hydrogen-bond acceptors (Lipinski definition) is 5. The number of hydrogen-bond donors (Lipinski definition) is 1. The maximum atomic E-state index is 12.5. The standard InChI is InChI=1S/C23H30N2O3S/c1-6-8-17(10-9-16(3)7-2)20-15-29-23(24-20)25-22(26)13-18-11-12-19(27-4)14-21(18)28-5/h8-12,14-16H,6-7,13H2,1-5H3,(H,24,25,26)/b10-9-,17-8+. The van der Waals surface area contributed by atoms with Crippen LogP contribution in [0.4, 0.5) is 5.13 Å². The Morgan fingerprint density at radius 3 is 2.72 bits per heavy atom. The van der Waals surface area contributed by atoms with E-state index in [4.69, 9.17) is 9.47 Å². The van der Waals surface area contributed by atoms with Gasteiger partial charge in [0.25, 0.3) is 0 Å². The van der Waals surface area contributed by atoms with Crippen LogP contribution in [0.1, 0.15) is 44.9 Å². The molecule has 156 valence electrons. The summed E-state index contributed by atoms with van der Waals surface area (Å²) in [6.45, 7) is 6.47. The van der Waals surface area contributed by atoms with Crippen molar-refractivity contribution in [2.24, 2.45) is 5.92 Å². The molecule has 5 nitrogen and oxygen atoms in total. The molecular weight excluding hydrogens is 384 g/mol. The van der Waals surface area contributed by atoms with Crippen LogP contribution in [0.3, 0.4) is 0 Å². The van der Waals surface area contributed by atoms with E-state index in [9.17, 15) is 4.79 Å². The maximum Gasteiger partial charge on any atom is 0.230 e. The van der Waals surface area contributed by atoms with E-state index in [1.807, 2.05) is 17.5 Å². The molecule has 0 aliphatic carbocycles. The van der Waals surface area contributed by atoms with E-state index in [1.54, 1.807) is 20.3 Å². The molecule has 1 N–H and O–H groups in total. The molecule has 1 aromatic carbocycles. The van der Waals surface area contributed by atoms with Gasteiger partial charge in [-0.05, 0) is 24.0 Å². The molecule has 0 spiro atoms. The zero-order chi connectivity index (χ0) is 21.2. The number of nitrogens with one attached hydrogen (secondary N) is 1. The molecule has 0 bridgehead atoms. The summed E-state index contributed by atoms with van der Waals surface area (Å²) >= 11 is 1.43. The summed E-state index contributed by atoms with van der Waals surface area (Å²) in [6.07, 6.45) is 8.71. The first kappa shape index (κ1) is 22.7. The first-order valence-electron chi connectivity index (χ1n) is 9.85. The monoisotopic (exact) mass is 414 g/mol. The van der Waals surface area contributed by atoms with Crippen LogP contribution in [-0.2, 0) is 11.2 Å². The number of carbonyl (C=O) groups is 1. The quantitative estimate of drug-likeness (QED) is 0.504. The van der Waals surface area contributed by atoms with Gasteiger partial charge < -0.3 is 14.8 Å². The number of anilines is 1. The van der Waals surface area contributed by atoms with Crippen molar-refractivity contribution in [3.8, 4) is 11.5 Å². The third-order valence-electron chi connectivity index (χ3n) is 4.56. The fraction of sp³-hybridized carbons (Fsp3) is 0.391. The molecule has 1 heterocycles. The van der Waals surface area contributed by atoms with Crippen molar-refractivity contribution < 1.29 is 14.3 Å². The first-order valence-corrected chi connectivity index (χ1v) is 10.7. The molecule has 0 saturated carbocycles. The van der Waals surface area contributed by atoms with Crippen LogP contribution >= 0.6 is 11.3 Å². The average molecular weight is 415 g/mol. The Hall–Kier alpha value is -2.60. The molecule has 0 aliphatic rings. The predicted octanol–water partition coefficient (Wildman–Crippen LogP) is 5.74. The normalized spacial score (nSPS) is 12.8. The second kappa shape index (κ2) is 11.4. The highest BCUT2D eigenvalue weighted by molar-refractivity contribution is 7.14. The molecule has 1 aromatic heterocycles. The summed E-state index contributed by atoms with van der Waals surface area (Å²) in [5.74, 6) is 1.71. The Balaban J connectivity index is 2.08. The molecule has 1 amide bonds. The molecule has 29 heavy (non-hydrogen) atoms. The Bertz CT molecular complexity index is 871. The van der Waals surface area contributed by atoms with Gasteiger partial charge in [0.05, 0.1) is 26.3 Å².